The number of nitrogens with one attached hydrogen (secondary N) is 1. The van der Waals surface area contributed by atoms with Gasteiger partial charge in [-0.1, -0.05) is 13.8 Å². The number of ether oxygens (including phenoxy) is 1. The first-order valence-electron chi connectivity index (χ1n) is 6.69. The van der Waals surface area contributed by atoms with Crippen LogP contribution in [0.4, 0.5) is 17.6 Å². The summed E-state index contributed by atoms with van der Waals surface area (Å²) in [5, 5.41) is 3.16. The van der Waals surface area contributed by atoms with Gasteiger partial charge in [0.05, 0.1) is 6.61 Å². The smallest absolute Gasteiger partial charge is 0.223 e. The minimum absolute atomic E-state index is 0.291. The SMILES string of the molecule is CCNc1cc(N(CCOC)CC(C)C)nc(N)n1. The Labute approximate surface area is 115 Å². The van der Waals surface area contributed by atoms with E-state index in [-0.39, 0.29) is 0 Å². The second-order valence-corrected chi connectivity index (χ2v) is 4.83. The van der Waals surface area contributed by atoms with Crippen LogP contribution in [-0.2, 0) is 4.74 Å². The van der Waals surface area contributed by atoms with Crippen molar-refractivity contribution in [2.24, 2.45) is 5.92 Å². The van der Waals surface area contributed by atoms with E-state index in [1.165, 1.54) is 0 Å². The summed E-state index contributed by atoms with van der Waals surface area (Å²) in [5.41, 5.74) is 5.77. The summed E-state index contributed by atoms with van der Waals surface area (Å²) in [6, 6.07) is 1.93. The molecule has 1 heterocycles. The first-order valence-corrected chi connectivity index (χ1v) is 6.69. The lowest BCUT2D eigenvalue weighted by atomic mass is 10.2. The zero-order chi connectivity index (χ0) is 14.3. The molecule has 0 atom stereocenters. The molecule has 0 fully saturated rings. The van der Waals surface area contributed by atoms with Crippen molar-refractivity contribution >= 4 is 17.6 Å². The first-order chi connectivity index (χ1) is 9.06. The molecule has 0 aromatic carbocycles. The van der Waals surface area contributed by atoms with Gasteiger partial charge in [0.15, 0.2) is 0 Å². The fourth-order valence-corrected chi connectivity index (χ4v) is 1.83. The molecular weight excluding hydrogens is 242 g/mol. The standard InChI is InChI=1S/C13H25N5O/c1-5-15-11-8-12(17-13(14)16-11)18(6-7-19-4)9-10(2)3/h8,10H,5-7,9H2,1-4H3,(H3,14,15,16,17). The Bertz CT molecular complexity index is 383. The van der Waals surface area contributed by atoms with Crippen molar-refractivity contribution in [1.82, 2.24) is 9.97 Å². The van der Waals surface area contributed by atoms with Crippen LogP contribution in [0, 0.1) is 5.92 Å². The number of anilines is 3. The lowest BCUT2D eigenvalue weighted by Crippen LogP contribution is -2.32. The zero-order valence-corrected chi connectivity index (χ0v) is 12.3. The highest BCUT2D eigenvalue weighted by atomic mass is 16.5. The summed E-state index contributed by atoms with van der Waals surface area (Å²) in [4.78, 5) is 10.7. The van der Waals surface area contributed by atoms with Crippen molar-refractivity contribution in [3.63, 3.8) is 0 Å². The molecule has 0 aliphatic rings. The molecular formula is C13H25N5O. The van der Waals surface area contributed by atoms with E-state index >= 15 is 0 Å². The number of nitrogens with zero attached hydrogens (tertiary/aromatic N) is 3. The highest BCUT2D eigenvalue weighted by molar-refractivity contribution is 5.52. The zero-order valence-electron chi connectivity index (χ0n) is 12.3. The molecule has 0 saturated carbocycles. The predicted octanol–water partition coefficient (Wildman–Crippen LogP) is 1.60. The van der Waals surface area contributed by atoms with Crippen LogP contribution >= 0.6 is 0 Å². The Morgan fingerprint density at radius 2 is 2.16 bits per heavy atom. The maximum atomic E-state index is 5.77. The Morgan fingerprint density at radius 3 is 2.74 bits per heavy atom. The van der Waals surface area contributed by atoms with Crippen LogP contribution in [0.1, 0.15) is 20.8 Å². The molecule has 6 heteroatoms. The second kappa shape index (κ2) is 7.78. The molecule has 3 N–H and O–H groups in total. The predicted molar refractivity (Wildman–Crippen MR) is 79.5 cm³/mol. The van der Waals surface area contributed by atoms with Crippen LogP contribution in [0.5, 0.6) is 0 Å². The molecule has 0 spiro atoms. The third kappa shape index (κ3) is 5.30. The van der Waals surface area contributed by atoms with Gasteiger partial charge in [0.1, 0.15) is 11.6 Å². The van der Waals surface area contributed by atoms with E-state index in [0.717, 1.165) is 31.3 Å². The lowest BCUT2D eigenvalue weighted by molar-refractivity contribution is 0.204. The molecule has 0 radical (unpaired) electrons. The number of rotatable bonds is 8. The van der Waals surface area contributed by atoms with Crippen LogP contribution < -0.4 is 16.0 Å². The summed E-state index contributed by atoms with van der Waals surface area (Å²) < 4.78 is 5.15. The highest BCUT2D eigenvalue weighted by Crippen LogP contribution is 2.18. The number of nitrogens with two attached hydrogens (primary N) is 1. The van der Waals surface area contributed by atoms with E-state index in [4.69, 9.17) is 10.5 Å². The van der Waals surface area contributed by atoms with E-state index in [1.807, 2.05) is 13.0 Å². The third-order valence-electron chi connectivity index (χ3n) is 2.56. The molecule has 1 aromatic heterocycles. The molecule has 0 aliphatic carbocycles. The number of methoxy groups -OCH3 is 1. The van der Waals surface area contributed by atoms with Crippen molar-refractivity contribution in [2.75, 3.05) is 49.3 Å². The fourth-order valence-electron chi connectivity index (χ4n) is 1.83. The van der Waals surface area contributed by atoms with Gasteiger partial charge < -0.3 is 20.7 Å². The molecule has 1 aromatic rings. The van der Waals surface area contributed by atoms with Gasteiger partial charge in [-0.2, -0.15) is 9.97 Å². The average molecular weight is 267 g/mol. The Kier molecular flexibility index (Phi) is 6.35. The van der Waals surface area contributed by atoms with Crippen LogP contribution in [0.25, 0.3) is 0 Å². The Hall–Kier alpha value is -1.56. The summed E-state index contributed by atoms with van der Waals surface area (Å²) in [6.45, 7) is 9.53. The Morgan fingerprint density at radius 1 is 1.42 bits per heavy atom. The normalized spacial score (nSPS) is 10.8. The van der Waals surface area contributed by atoms with Crippen LogP contribution in [0.3, 0.4) is 0 Å². The molecule has 108 valence electrons. The minimum atomic E-state index is 0.291. The maximum Gasteiger partial charge on any atom is 0.223 e. The van der Waals surface area contributed by atoms with Gasteiger partial charge in [0.25, 0.3) is 0 Å². The van der Waals surface area contributed by atoms with E-state index in [9.17, 15) is 0 Å². The quantitative estimate of drug-likeness (QED) is 0.745. The molecule has 0 aliphatic heterocycles. The van der Waals surface area contributed by atoms with Gasteiger partial charge in [0, 0.05) is 32.8 Å². The average Bonchev–Trinajstić information content (AvgIpc) is 2.33. The molecule has 0 saturated heterocycles. The molecule has 0 amide bonds. The number of hydrogen-bond acceptors (Lipinski definition) is 6. The maximum absolute atomic E-state index is 5.77. The number of hydrogen-bond donors (Lipinski definition) is 2. The van der Waals surface area contributed by atoms with Crippen molar-refractivity contribution < 1.29 is 4.74 Å². The minimum Gasteiger partial charge on any atom is -0.383 e. The number of aromatic nitrogens is 2. The van der Waals surface area contributed by atoms with Crippen molar-refractivity contribution in [2.45, 2.75) is 20.8 Å². The Balaban J connectivity index is 2.92. The summed E-state index contributed by atoms with van der Waals surface area (Å²) in [7, 11) is 1.70. The lowest BCUT2D eigenvalue weighted by Gasteiger charge is -2.25. The van der Waals surface area contributed by atoms with Crippen LogP contribution in [0.15, 0.2) is 6.07 Å². The second-order valence-electron chi connectivity index (χ2n) is 4.83. The first kappa shape index (κ1) is 15.5. The molecule has 0 bridgehead atoms. The summed E-state index contributed by atoms with van der Waals surface area (Å²) in [6.07, 6.45) is 0. The van der Waals surface area contributed by atoms with Crippen LogP contribution in [-0.4, -0.2) is 43.3 Å². The van der Waals surface area contributed by atoms with Gasteiger partial charge in [-0.25, -0.2) is 0 Å². The van der Waals surface area contributed by atoms with Gasteiger partial charge in [-0.15, -0.1) is 0 Å². The van der Waals surface area contributed by atoms with Crippen molar-refractivity contribution in [1.29, 1.82) is 0 Å². The van der Waals surface area contributed by atoms with E-state index in [0.29, 0.717) is 18.5 Å². The topological polar surface area (TPSA) is 76.3 Å². The van der Waals surface area contributed by atoms with Gasteiger partial charge in [-0.05, 0) is 12.8 Å². The molecule has 1 rings (SSSR count). The molecule has 0 unspecified atom stereocenters. The van der Waals surface area contributed by atoms with Crippen molar-refractivity contribution in [3.05, 3.63) is 6.07 Å². The third-order valence-corrected chi connectivity index (χ3v) is 2.56. The van der Waals surface area contributed by atoms with Gasteiger partial charge >= 0.3 is 0 Å². The van der Waals surface area contributed by atoms with Crippen molar-refractivity contribution in [3.8, 4) is 0 Å². The summed E-state index contributed by atoms with van der Waals surface area (Å²) in [5.74, 6) is 2.43. The molecule has 6 nitrogen and oxygen atoms in total. The number of nitrogen functional groups attached to an aromatic ring is 1. The van der Waals surface area contributed by atoms with Gasteiger partial charge in [-0.3, -0.25) is 0 Å². The van der Waals surface area contributed by atoms with Crippen LogP contribution in [0.2, 0.25) is 0 Å². The highest BCUT2D eigenvalue weighted by Gasteiger charge is 2.12. The van der Waals surface area contributed by atoms with E-state index in [2.05, 4.69) is 34.0 Å². The molecule has 19 heavy (non-hydrogen) atoms. The fraction of sp³-hybridized carbons (Fsp3) is 0.692. The largest absolute Gasteiger partial charge is 0.383 e. The summed E-state index contributed by atoms with van der Waals surface area (Å²) >= 11 is 0. The monoisotopic (exact) mass is 267 g/mol. The van der Waals surface area contributed by atoms with Gasteiger partial charge in [0.2, 0.25) is 5.95 Å². The van der Waals surface area contributed by atoms with E-state index in [1.54, 1.807) is 7.11 Å². The van der Waals surface area contributed by atoms with E-state index < -0.39 is 0 Å².